The summed E-state index contributed by atoms with van der Waals surface area (Å²) in [6.45, 7) is 1.33. The molecule has 0 unspecified atom stereocenters. The van der Waals surface area contributed by atoms with Crippen molar-refractivity contribution in [2.75, 3.05) is 0 Å². The van der Waals surface area contributed by atoms with Gasteiger partial charge in [0, 0.05) is 31.7 Å². The van der Waals surface area contributed by atoms with Gasteiger partial charge in [-0.15, -0.1) is 0 Å². The predicted molar refractivity (Wildman–Crippen MR) is 93.0 cm³/mol. The van der Waals surface area contributed by atoms with E-state index in [9.17, 15) is 14.5 Å². The van der Waals surface area contributed by atoms with Crippen LogP contribution >= 0.6 is 0 Å². The molecule has 0 spiro atoms. The Balaban J connectivity index is 2.06. The number of hydrogen-bond donors (Lipinski definition) is 1. The van der Waals surface area contributed by atoms with E-state index in [0.717, 1.165) is 11.0 Å². The summed E-state index contributed by atoms with van der Waals surface area (Å²) >= 11 is 0. The maximum Gasteiger partial charge on any atom is 0.316 e. The number of carbonyl (C=O) groups is 2. The minimum atomic E-state index is -0.361. The lowest BCUT2D eigenvalue weighted by Gasteiger charge is -2.04. The van der Waals surface area contributed by atoms with E-state index in [2.05, 4.69) is 4.99 Å². The van der Waals surface area contributed by atoms with Crippen molar-refractivity contribution in [2.45, 2.75) is 13.5 Å². The number of nitrogens with zero attached hydrogens (tertiary/aromatic N) is 4. The molecule has 0 atom stereocenters. The maximum atomic E-state index is 12.7. The molecule has 132 valence electrons. The second-order valence-electron chi connectivity index (χ2n) is 5.81. The molecule has 3 rings (SSSR count). The standard InChI is InChI=1S/C18H17N4O4/c1-12(23)19-18-20(2)15-5-3-4-6-16(15)21(18)11-17(24)13-7-9-14(10-8-13)22(25)26/h3-10H,11H2,1-2H3,(H,25,26)/q+1/b19-18-. The molecular weight excluding hydrogens is 336 g/mol. The topological polar surface area (TPSA) is 96.7 Å². The number of para-hydroxylation sites is 2. The average molecular weight is 353 g/mol. The van der Waals surface area contributed by atoms with Gasteiger partial charge in [-0.05, 0) is 24.3 Å². The van der Waals surface area contributed by atoms with Crippen LogP contribution in [0.25, 0.3) is 11.0 Å². The molecule has 0 saturated carbocycles. The number of Topliss-reactive ketones (excluding diaryl/α,β-unsaturated/α-hetero) is 1. The first-order valence-corrected chi connectivity index (χ1v) is 7.87. The molecule has 1 heterocycles. The fourth-order valence-corrected chi connectivity index (χ4v) is 2.81. The number of aryl methyl sites for hydroxylation is 1. The Kier molecular flexibility index (Phi) is 4.49. The second kappa shape index (κ2) is 6.75. The van der Waals surface area contributed by atoms with Crippen LogP contribution in [0.1, 0.15) is 17.3 Å². The minimum Gasteiger partial charge on any atom is -0.313 e. The lowest BCUT2D eigenvalue weighted by atomic mass is 10.1. The Morgan fingerprint density at radius 1 is 1.08 bits per heavy atom. The molecule has 0 aliphatic carbocycles. The molecule has 8 nitrogen and oxygen atoms in total. The van der Waals surface area contributed by atoms with Crippen molar-refractivity contribution in [1.29, 1.82) is 0 Å². The number of rotatable bonds is 4. The molecule has 26 heavy (non-hydrogen) atoms. The van der Waals surface area contributed by atoms with E-state index in [4.69, 9.17) is 5.21 Å². The van der Waals surface area contributed by atoms with Gasteiger partial charge in [0.1, 0.15) is 0 Å². The summed E-state index contributed by atoms with van der Waals surface area (Å²) in [5.41, 5.74) is 2.42. The molecular formula is C18H17N4O4+. The summed E-state index contributed by atoms with van der Waals surface area (Å²) < 4.78 is 3.44. The van der Waals surface area contributed by atoms with Crippen molar-refractivity contribution < 1.29 is 19.7 Å². The van der Waals surface area contributed by atoms with Crippen LogP contribution in [0.2, 0.25) is 0 Å². The minimum absolute atomic E-state index is 0.0208. The van der Waals surface area contributed by atoms with Crippen LogP contribution in [-0.4, -0.2) is 31.0 Å². The fourth-order valence-electron chi connectivity index (χ4n) is 2.81. The Morgan fingerprint density at radius 2 is 1.69 bits per heavy atom. The van der Waals surface area contributed by atoms with Crippen molar-refractivity contribution in [3.8, 4) is 0 Å². The summed E-state index contributed by atoms with van der Waals surface area (Å²) in [5.74, 6) is -0.576. The molecule has 0 saturated heterocycles. The highest BCUT2D eigenvalue weighted by molar-refractivity contribution is 5.96. The number of ketones is 1. The highest BCUT2D eigenvalue weighted by Crippen LogP contribution is 2.15. The highest BCUT2D eigenvalue weighted by atomic mass is 16.6. The molecule has 8 heteroatoms. The summed E-state index contributed by atoms with van der Waals surface area (Å²) in [7, 11) is 1.78. The third-order valence-corrected chi connectivity index (χ3v) is 4.04. The van der Waals surface area contributed by atoms with E-state index in [-0.39, 0.29) is 28.8 Å². The zero-order chi connectivity index (χ0) is 18.8. The average Bonchev–Trinajstić information content (AvgIpc) is 2.87. The lowest BCUT2D eigenvalue weighted by Crippen LogP contribution is -2.28. The van der Waals surface area contributed by atoms with E-state index in [1.165, 1.54) is 31.2 Å². The third kappa shape index (κ3) is 3.16. The summed E-state index contributed by atoms with van der Waals surface area (Å²) in [5, 5.41) is 8.87. The normalized spacial score (nSPS) is 11.7. The predicted octanol–water partition coefficient (Wildman–Crippen LogP) is 2.11. The quantitative estimate of drug-likeness (QED) is 0.574. The molecule has 0 radical (unpaired) electrons. The van der Waals surface area contributed by atoms with Crippen LogP contribution in [0, 0.1) is 4.91 Å². The van der Waals surface area contributed by atoms with Crippen LogP contribution in [-0.2, 0) is 18.4 Å². The van der Waals surface area contributed by atoms with Gasteiger partial charge in [0.25, 0.3) is 4.92 Å². The second-order valence-corrected chi connectivity index (χ2v) is 5.81. The molecule has 2 aromatic carbocycles. The molecule has 0 fully saturated rings. The van der Waals surface area contributed by atoms with Crippen LogP contribution in [0.3, 0.4) is 0 Å². The monoisotopic (exact) mass is 353 g/mol. The summed E-state index contributed by atoms with van der Waals surface area (Å²) in [6.07, 6.45) is 0. The number of fused-ring (bicyclic) bond motifs is 1. The van der Waals surface area contributed by atoms with E-state index in [1.54, 1.807) is 16.2 Å². The van der Waals surface area contributed by atoms with Crippen molar-refractivity contribution in [1.82, 2.24) is 9.13 Å². The van der Waals surface area contributed by atoms with Crippen molar-refractivity contribution in [2.24, 2.45) is 12.0 Å². The number of amides is 1. The lowest BCUT2D eigenvalue weighted by molar-refractivity contribution is -0.729. The molecule has 0 aliphatic heterocycles. The Bertz CT molecular complexity index is 1090. The number of imidazole rings is 1. The van der Waals surface area contributed by atoms with E-state index >= 15 is 0 Å². The van der Waals surface area contributed by atoms with Crippen LogP contribution in [0.15, 0.2) is 53.5 Å². The van der Waals surface area contributed by atoms with Gasteiger partial charge in [0.15, 0.2) is 5.78 Å². The van der Waals surface area contributed by atoms with Crippen molar-refractivity contribution in [3.05, 3.63) is 64.6 Å². The number of aromatic nitrogens is 2. The molecule has 1 amide bonds. The van der Waals surface area contributed by atoms with Gasteiger partial charge in [-0.2, -0.15) is 4.99 Å². The Hall–Kier alpha value is -3.55. The molecule has 0 aliphatic rings. The largest absolute Gasteiger partial charge is 0.316 e. The van der Waals surface area contributed by atoms with E-state index in [1.807, 2.05) is 24.3 Å². The Morgan fingerprint density at radius 3 is 2.27 bits per heavy atom. The zero-order valence-corrected chi connectivity index (χ0v) is 14.3. The fraction of sp³-hybridized carbons (Fsp3) is 0.167. The van der Waals surface area contributed by atoms with Gasteiger partial charge in [-0.1, -0.05) is 12.1 Å². The Labute approximate surface area is 148 Å². The van der Waals surface area contributed by atoms with Gasteiger partial charge in [0.05, 0.1) is 22.5 Å². The van der Waals surface area contributed by atoms with Crippen molar-refractivity contribution >= 4 is 28.4 Å². The van der Waals surface area contributed by atoms with Gasteiger partial charge >= 0.3 is 5.69 Å². The first kappa shape index (κ1) is 17.3. The smallest absolute Gasteiger partial charge is 0.313 e. The molecule has 3 aromatic rings. The number of benzene rings is 2. The molecule has 1 N–H and O–H groups in total. The highest BCUT2D eigenvalue weighted by Gasteiger charge is 2.16. The van der Waals surface area contributed by atoms with E-state index < -0.39 is 0 Å². The first-order chi connectivity index (χ1) is 12.4. The molecule has 1 aromatic heterocycles. The van der Waals surface area contributed by atoms with Crippen LogP contribution < -0.4 is 5.62 Å². The van der Waals surface area contributed by atoms with Gasteiger partial charge in [0.2, 0.25) is 11.5 Å². The molecule has 0 bridgehead atoms. The van der Waals surface area contributed by atoms with Gasteiger partial charge in [-0.25, -0.2) is 5.21 Å². The van der Waals surface area contributed by atoms with Gasteiger partial charge < -0.3 is 9.13 Å². The van der Waals surface area contributed by atoms with Crippen LogP contribution in [0.4, 0.5) is 5.69 Å². The first-order valence-electron chi connectivity index (χ1n) is 7.87. The maximum absolute atomic E-state index is 12.7. The van der Waals surface area contributed by atoms with Gasteiger partial charge in [-0.3, -0.25) is 9.59 Å². The zero-order valence-electron chi connectivity index (χ0n) is 14.3. The third-order valence-electron chi connectivity index (χ3n) is 4.04. The summed E-state index contributed by atoms with van der Waals surface area (Å²) in [4.78, 5) is 38.8. The van der Waals surface area contributed by atoms with Crippen molar-refractivity contribution in [3.63, 3.8) is 0 Å². The number of hydrogen-bond acceptors (Lipinski definition) is 3. The number of carbonyl (C=O) groups excluding carboxylic acids is 2. The summed E-state index contributed by atoms with van der Waals surface area (Å²) in [6, 6.07) is 13.1. The van der Waals surface area contributed by atoms with E-state index in [0.29, 0.717) is 11.2 Å². The van der Waals surface area contributed by atoms with Crippen LogP contribution in [0.5, 0.6) is 0 Å². The SMILES string of the molecule is CC(=O)/N=c1/n(C)c2ccccc2n1CC(=O)c1ccc([N+](=O)O)cc1.